The van der Waals surface area contributed by atoms with Crippen molar-refractivity contribution in [1.29, 1.82) is 0 Å². The lowest BCUT2D eigenvalue weighted by atomic mass is 9.82. The molecule has 1 aliphatic rings. The molecule has 3 atom stereocenters. The summed E-state index contributed by atoms with van der Waals surface area (Å²) in [4.78, 5) is 0. The molecule has 0 aliphatic heterocycles. The molecule has 0 bridgehead atoms. The zero-order valence-corrected chi connectivity index (χ0v) is 13.3. The van der Waals surface area contributed by atoms with E-state index in [-0.39, 0.29) is 11.2 Å². The molecule has 3 unspecified atom stereocenters. The number of hydrogen-bond donors (Lipinski definition) is 1. The molecule has 106 valence electrons. The fourth-order valence-corrected chi connectivity index (χ4v) is 4.54. The van der Waals surface area contributed by atoms with Crippen LogP contribution in [0.25, 0.3) is 0 Å². The molecule has 1 fully saturated rings. The van der Waals surface area contributed by atoms with Crippen LogP contribution >= 0.6 is 15.9 Å². The van der Waals surface area contributed by atoms with E-state index in [9.17, 15) is 13.5 Å². The van der Waals surface area contributed by atoms with Crippen molar-refractivity contribution >= 4 is 25.8 Å². The Balaban J connectivity index is 2.16. The summed E-state index contributed by atoms with van der Waals surface area (Å²) in [5, 5.41) is 10.2. The van der Waals surface area contributed by atoms with Gasteiger partial charge >= 0.3 is 0 Å². The molecule has 0 spiro atoms. The quantitative estimate of drug-likeness (QED) is 0.914. The SMILES string of the molecule is CS(=O)(=O)C1CCCC(C(O)c2ccccc2Br)C1. The highest BCUT2D eigenvalue weighted by atomic mass is 79.9. The van der Waals surface area contributed by atoms with Crippen LogP contribution in [0.4, 0.5) is 0 Å². The van der Waals surface area contributed by atoms with Gasteiger partial charge in [0.25, 0.3) is 0 Å². The minimum Gasteiger partial charge on any atom is -0.388 e. The van der Waals surface area contributed by atoms with E-state index in [0.29, 0.717) is 6.42 Å². The molecule has 1 N–H and O–H groups in total. The third-order valence-corrected chi connectivity index (χ3v) is 6.30. The number of aliphatic hydroxyl groups excluding tert-OH is 1. The Morgan fingerprint density at radius 2 is 2.00 bits per heavy atom. The van der Waals surface area contributed by atoms with Gasteiger partial charge in [0, 0.05) is 10.7 Å². The predicted octanol–water partition coefficient (Wildman–Crippen LogP) is 3.09. The van der Waals surface area contributed by atoms with Gasteiger partial charge in [0.1, 0.15) is 9.84 Å². The molecular weight excluding hydrogens is 328 g/mol. The predicted molar refractivity (Wildman–Crippen MR) is 79.7 cm³/mol. The molecule has 1 saturated carbocycles. The van der Waals surface area contributed by atoms with Crippen LogP contribution in [0.2, 0.25) is 0 Å². The zero-order chi connectivity index (χ0) is 14.0. The number of benzene rings is 1. The Hall–Kier alpha value is -0.390. The highest BCUT2D eigenvalue weighted by Gasteiger charge is 2.33. The number of rotatable bonds is 3. The molecule has 0 saturated heterocycles. The van der Waals surface area contributed by atoms with E-state index in [4.69, 9.17) is 0 Å². The minimum absolute atomic E-state index is 0.0205. The lowest BCUT2D eigenvalue weighted by Gasteiger charge is -2.31. The van der Waals surface area contributed by atoms with Crippen LogP contribution in [0.15, 0.2) is 28.7 Å². The summed E-state index contributed by atoms with van der Waals surface area (Å²) in [5.41, 5.74) is 0.849. The maximum Gasteiger partial charge on any atom is 0.150 e. The summed E-state index contributed by atoms with van der Waals surface area (Å²) in [6, 6.07) is 7.58. The summed E-state index contributed by atoms with van der Waals surface area (Å²) in [7, 11) is -3.01. The van der Waals surface area contributed by atoms with Crippen LogP contribution in [0.5, 0.6) is 0 Å². The monoisotopic (exact) mass is 346 g/mol. The lowest BCUT2D eigenvalue weighted by Crippen LogP contribution is -2.30. The molecular formula is C14H19BrO3S. The molecule has 2 rings (SSSR count). The van der Waals surface area contributed by atoms with Crippen LogP contribution < -0.4 is 0 Å². The average Bonchev–Trinajstić information content (AvgIpc) is 2.38. The van der Waals surface area contributed by atoms with E-state index in [0.717, 1.165) is 29.3 Å². The van der Waals surface area contributed by atoms with Crippen molar-refractivity contribution in [2.24, 2.45) is 5.92 Å². The zero-order valence-electron chi connectivity index (χ0n) is 10.9. The minimum atomic E-state index is -3.01. The maximum absolute atomic E-state index is 11.7. The Bertz CT molecular complexity index is 541. The van der Waals surface area contributed by atoms with E-state index < -0.39 is 15.9 Å². The lowest BCUT2D eigenvalue weighted by molar-refractivity contribution is 0.0851. The van der Waals surface area contributed by atoms with Crippen molar-refractivity contribution < 1.29 is 13.5 Å². The number of halogens is 1. The molecule has 1 aliphatic carbocycles. The average molecular weight is 347 g/mol. The van der Waals surface area contributed by atoms with Gasteiger partial charge in [-0.15, -0.1) is 0 Å². The van der Waals surface area contributed by atoms with Crippen LogP contribution in [-0.4, -0.2) is 25.0 Å². The van der Waals surface area contributed by atoms with Gasteiger partial charge in [0.05, 0.1) is 11.4 Å². The van der Waals surface area contributed by atoms with Crippen molar-refractivity contribution in [3.8, 4) is 0 Å². The third kappa shape index (κ3) is 3.58. The maximum atomic E-state index is 11.7. The summed E-state index contributed by atoms with van der Waals surface area (Å²) < 4.78 is 24.2. The summed E-state index contributed by atoms with van der Waals surface area (Å²) in [5.74, 6) is 0.0205. The second-order valence-electron chi connectivity index (χ2n) is 5.34. The highest BCUT2D eigenvalue weighted by Crippen LogP contribution is 2.38. The Morgan fingerprint density at radius 1 is 1.32 bits per heavy atom. The largest absolute Gasteiger partial charge is 0.388 e. The first kappa shape index (κ1) is 15.0. The standard InChI is InChI=1S/C14H19BrO3S/c1-19(17,18)11-6-4-5-10(9-11)14(16)12-7-2-3-8-13(12)15/h2-3,7-8,10-11,14,16H,4-6,9H2,1H3. The van der Waals surface area contributed by atoms with Crippen LogP contribution in [0.3, 0.4) is 0 Å². The van der Waals surface area contributed by atoms with Gasteiger partial charge < -0.3 is 5.11 Å². The molecule has 0 radical (unpaired) electrons. The van der Waals surface area contributed by atoms with Gasteiger partial charge in [-0.05, 0) is 36.8 Å². The van der Waals surface area contributed by atoms with Gasteiger partial charge in [-0.1, -0.05) is 40.5 Å². The summed E-state index contributed by atoms with van der Waals surface area (Å²) in [6.45, 7) is 0. The third-order valence-electron chi connectivity index (χ3n) is 3.94. The van der Waals surface area contributed by atoms with Gasteiger partial charge in [0.2, 0.25) is 0 Å². The summed E-state index contributed by atoms with van der Waals surface area (Å²) >= 11 is 3.44. The van der Waals surface area contributed by atoms with Crippen molar-refractivity contribution in [2.75, 3.05) is 6.26 Å². The molecule has 3 nitrogen and oxygen atoms in total. The first-order chi connectivity index (χ1) is 8.89. The molecule has 1 aromatic rings. The summed E-state index contributed by atoms with van der Waals surface area (Å²) in [6.07, 6.45) is 3.72. The smallest absolute Gasteiger partial charge is 0.150 e. The van der Waals surface area contributed by atoms with Crippen molar-refractivity contribution in [3.63, 3.8) is 0 Å². The molecule has 1 aromatic carbocycles. The van der Waals surface area contributed by atoms with Crippen LogP contribution in [0.1, 0.15) is 37.4 Å². The van der Waals surface area contributed by atoms with Gasteiger partial charge in [-0.2, -0.15) is 0 Å². The first-order valence-electron chi connectivity index (χ1n) is 6.51. The molecule has 19 heavy (non-hydrogen) atoms. The van der Waals surface area contributed by atoms with Gasteiger partial charge in [0.15, 0.2) is 0 Å². The van der Waals surface area contributed by atoms with Gasteiger partial charge in [-0.25, -0.2) is 8.42 Å². The Kier molecular flexibility index (Phi) is 4.69. The molecule has 0 aromatic heterocycles. The second kappa shape index (κ2) is 5.94. The number of aliphatic hydroxyl groups is 1. The molecule has 0 amide bonds. The fraction of sp³-hybridized carbons (Fsp3) is 0.571. The van der Waals surface area contributed by atoms with Crippen LogP contribution in [-0.2, 0) is 9.84 Å². The topological polar surface area (TPSA) is 54.4 Å². The van der Waals surface area contributed by atoms with E-state index in [1.807, 2.05) is 24.3 Å². The second-order valence-corrected chi connectivity index (χ2v) is 8.52. The highest BCUT2D eigenvalue weighted by molar-refractivity contribution is 9.10. The Morgan fingerprint density at radius 3 is 2.63 bits per heavy atom. The molecule has 0 heterocycles. The normalized spacial score (nSPS) is 26.1. The van der Waals surface area contributed by atoms with Crippen LogP contribution in [0, 0.1) is 5.92 Å². The Labute approximate surface area is 123 Å². The molecule has 5 heteroatoms. The van der Waals surface area contributed by atoms with Crippen molar-refractivity contribution in [2.45, 2.75) is 37.0 Å². The van der Waals surface area contributed by atoms with E-state index >= 15 is 0 Å². The van der Waals surface area contributed by atoms with E-state index in [1.54, 1.807) is 0 Å². The van der Waals surface area contributed by atoms with E-state index in [1.165, 1.54) is 6.26 Å². The van der Waals surface area contributed by atoms with E-state index in [2.05, 4.69) is 15.9 Å². The number of hydrogen-bond acceptors (Lipinski definition) is 3. The number of sulfone groups is 1. The fourth-order valence-electron chi connectivity index (χ4n) is 2.83. The first-order valence-corrected chi connectivity index (χ1v) is 9.25. The van der Waals surface area contributed by atoms with Gasteiger partial charge in [-0.3, -0.25) is 0 Å². The van der Waals surface area contributed by atoms with Crippen molar-refractivity contribution in [1.82, 2.24) is 0 Å². The van der Waals surface area contributed by atoms with Crippen molar-refractivity contribution in [3.05, 3.63) is 34.3 Å².